The van der Waals surface area contributed by atoms with E-state index in [1.807, 2.05) is 18.2 Å². The first kappa shape index (κ1) is 7.55. The Labute approximate surface area is 75.8 Å². The van der Waals surface area contributed by atoms with E-state index >= 15 is 0 Å². The summed E-state index contributed by atoms with van der Waals surface area (Å²) in [5.41, 5.74) is 8.03. The molecule has 1 aliphatic heterocycles. The zero-order valence-corrected chi connectivity index (χ0v) is 7.40. The molecule has 3 N–H and O–H groups in total. The summed E-state index contributed by atoms with van der Waals surface area (Å²) in [5, 5.41) is 4.13. The van der Waals surface area contributed by atoms with Crippen molar-refractivity contribution in [2.75, 3.05) is 5.88 Å². The number of nitrogens with one attached hydrogen (secondary N) is 1. The predicted octanol–water partition coefficient (Wildman–Crippen LogP) is 1.57. The van der Waals surface area contributed by atoms with Gasteiger partial charge in [0.1, 0.15) is 0 Å². The largest absolute Gasteiger partial charge is 0.392 e. The molecule has 2 nitrogen and oxygen atoms in total. The van der Waals surface area contributed by atoms with Crippen LogP contribution in [0.25, 0.3) is 5.70 Å². The molecule has 0 aliphatic carbocycles. The van der Waals surface area contributed by atoms with Gasteiger partial charge in [-0.1, -0.05) is 42.1 Å². The van der Waals surface area contributed by atoms with E-state index in [4.69, 9.17) is 5.73 Å². The van der Waals surface area contributed by atoms with Gasteiger partial charge in [0.25, 0.3) is 0 Å². The van der Waals surface area contributed by atoms with E-state index in [9.17, 15) is 0 Å². The Morgan fingerprint density at radius 1 is 1.25 bits per heavy atom. The average Bonchev–Trinajstić information content (AvgIpc) is 2.53. The van der Waals surface area contributed by atoms with Crippen LogP contribution in [0.3, 0.4) is 0 Å². The highest BCUT2D eigenvalue weighted by molar-refractivity contribution is 8.03. The van der Waals surface area contributed by atoms with Gasteiger partial charge in [0.2, 0.25) is 0 Å². The average molecular weight is 178 g/mol. The van der Waals surface area contributed by atoms with Crippen LogP contribution in [0, 0.1) is 0 Å². The summed E-state index contributed by atoms with van der Waals surface area (Å²) < 4.78 is 0. The summed E-state index contributed by atoms with van der Waals surface area (Å²) in [7, 11) is 0. The summed E-state index contributed by atoms with van der Waals surface area (Å²) in [6.07, 6.45) is 0. The molecule has 0 amide bonds. The number of thioether (sulfide) groups is 1. The molecule has 0 saturated heterocycles. The molecule has 0 unspecified atom stereocenters. The van der Waals surface area contributed by atoms with E-state index in [1.54, 1.807) is 11.8 Å². The van der Waals surface area contributed by atoms with Crippen molar-refractivity contribution in [3.63, 3.8) is 0 Å². The lowest BCUT2D eigenvalue weighted by Gasteiger charge is -2.02. The lowest BCUT2D eigenvalue weighted by atomic mass is 10.2. The molecule has 2 rings (SSSR count). The van der Waals surface area contributed by atoms with E-state index in [1.165, 1.54) is 5.56 Å². The Morgan fingerprint density at radius 2 is 2.00 bits per heavy atom. The van der Waals surface area contributed by atoms with Gasteiger partial charge in [0.15, 0.2) is 0 Å². The zero-order chi connectivity index (χ0) is 8.39. The molecular weight excluding hydrogens is 168 g/mol. The molecule has 12 heavy (non-hydrogen) atoms. The first-order chi connectivity index (χ1) is 5.88. The Kier molecular flexibility index (Phi) is 1.96. The Morgan fingerprint density at radius 3 is 2.58 bits per heavy atom. The van der Waals surface area contributed by atoms with Crippen molar-refractivity contribution in [1.82, 2.24) is 5.32 Å². The van der Waals surface area contributed by atoms with Gasteiger partial charge in [-0.05, 0) is 0 Å². The monoisotopic (exact) mass is 178 g/mol. The van der Waals surface area contributed by atoms with Crippen molar-refractivity contribution in [2.45, 2.75) is 0 Å². The van der Waals surface area contributed by atoms with Gasteiger partial charge in [-0.25, -0.2) is 0 Å². The number of rotatable bonds is 1. The Bertz CT molecular complexity index is 306. The van der Waals surface area contributed by atoms with Crippen molar-refractivity contribution in [1.29, 1.82) is 0 Å². The minimum absolute atomic E-state index is 0.885. The number of hydrogen-bond donors (Lipinski definition) is 2. The van der Waals surface area contributed by atoms with Crippen LogP contribution < -0.4 is 11.1 Å². The lowest BCUT2D eigenvalue weighted by Crippen LogP contribution is -2.06. The normalized spacial score (nSPS) is 16.3. The van der Waals surface area contributed by atoms with Gasteiger partial charge in [-0.3, -0.25) is 0 Å². The fourth-order valence-corrected chi connectivity index (χ4v) is 1.90. The third kappa shape index (κ3) is 1.28. The molecule has 1 aromatic rings. The molecule has 0 spiro atoms. The van der Waals surface area contributed by atoms with Crippen LogP contribution in [0.15, 0.2) is 35.4 Å². The second kappa shape index (κ2) is 3.11. The second-order valence-corrected chi connectivity index (χ2v) is 3.59. The predicted molar refractivity (Wildman–Crippen MR) is 53.1 cm³/mol. The van der Waals surface area contributed by atoms with Gasteiger partial charge in [0.05, 0.1) is 16.6 Å². The maximum Gasteiger partial charge on any atom is 0.0915 e. The molecule has 1 heterocycles. The minimum atomic E-state index is 0.885. The third-order valence-corrected chi connectivity index (χ3v) is 2.59. The van der Waals surface area contributed by atoms with Crippen LogP contribution >= 0.6 is 11.8 Å². The summed E-state index contributed by atoms with van der Waals surface area (Å²) in [5.74, 6) is 0.885. The van der Waals surface area contributed by atoms with Gasteiger partial charge in [-0.15, -0.1) is 0 Å². The van der Waals surface area contributed by atoms with E-state index in [0.717, 1.165) is 16.6 Å². The first-order valence-corrected chi connectivity index (χ1v) is 4.78. The molecule has 0 radical (unpaired) electrons. The van der Waals surface area contributed by atoms with Crippen LogP contribution in [0.1, 0.15) is 5.56 Å². The molecule has 62 valence electrons. The number of hydrogen-bond acceptors (Lipinski definition) is 3. The smallest absolute Gasteiger partial charge is 0.0915 e. The zero-order valence-electron chi connectivity index (χ0n) is 6.58. The van der Waals surface area contributed by atoms with Crippen molar-refractivity contribution in [2.24, 2.45) is 5.73 Å². The molecule has 0 saturated carbocycles. The van der Waals surface area contributed by atoms with Gasteiger partial charge < -0.3 is 11.1 Å². The van der Waals surface area contributed by atoms with Crippen LogP contribution in [-0.4, -0.2) is 5.88 Å². The summed E-state index contributed by atoms with van der Waals surface area (Å²) in [4.78, 5) is 0. The number of benzene rings is 1. The van der Waals surface area contributed by atoms with Crippen LogP contribution in [0.5, 0.6) is 0 Å². The van der Waals surface area contributed by atoms with Crippen molar-refractivity contribution >= 4 is 17.5 Å². The molecule has 0 atom stereocenters. The first-order valence-electron chi connectivity index (χ1n) is 3.80. The fourth-order valence-electron chi connectivity index (χ4n) is 1.19. The Hall–Kier alpha value is -1.09. The van der Waals surface area contributed by atoms with E-state index in [-0.39, 0.29) is 0 Å². The van der Waals surface area contributed by atoms with Crippen molar-refractivity contribution < 1.29 is 0 Å². The SMILES string of the molecule is NC1=C(c2ccccc2)NCS1. The topological polar surface area (TPSA) is 38.0 Å². The third-order valence-electron chi connectivity index (χ3n) is 1.79. The fraction of sp³-hybridized carbons (Fsp3) is 0.111. The van der Waals surface area contributed by atoms with Crippen molar-refractivity contribution in [3.05, 3.63) is 40.9 Å². The molecular formula is C9H10N2S. The minimum Gasteiger partial charge on any atom is -0.392 e. The molecule has 1 aliphatic rings. The van der Waals surface area contributed by atoms with Gasteiger partial charge in [-0.2, -0.15) is 0 Å². The summed E-state index contributed by atoms with van der Waals surface area (Å²) >= 11 is 1.65. The molecule has 3 heteroatoms. The molecule has 0 aromatic heterocycles. The summed E-state index contributed by atoms with van der Waals surface area (Å²) in [6, 6.07) is 10.1. The van der Waals surface area contributed by atoms with E-state index in [2.05, 4.69) is 17.4 Å². The van der Waals surface area contributed by atoms with Crippen molar-refractivity contribution in [3.8, 4) is 0 Å². The number of nitrogens with two attached hydrogens (primary N) is 1. The lowest BCUT2D eigenvalue weighted by molar-refractivity contribution is 1.10. The van der Waals surface area contributed by atoms with Crippen LogP contribution in [-0.2, 0) is 0 Å². The highest BCUT2D eigenvalue weighted by atomic mass is 32.2. The standard InChI is InChI=1S/C9H10N2S/c10-9-8(11-6-12-9)7-4-2-1-3-5-7/h1-5,11H,6,10H2. The maximum atomic E-state index is 5.79. The highest BCUT2D eigenvalue weighted by Gasteiger charge is 2.12. The molecule has 0 bridgehead atoms. The maximum absolute atomic E-state index is 5.79. The van der Waals surface area contributed by atoms with Crippen LogP contribution in [0.2, 0.25) is 0 Å². The molecule has 1 aromatic carbocycles. The molecule has 0 fully saturated rings. The van der Waals surface area contributed by atoms with Crippen LogP contribution in [0.4, 0.5) is 0 Å². The Balaban J connectivity index is 2.37. The van der Waals surface area contributed by atoms with Gasteiger partial charge >= 0.3 is 0 Å². The van der Waals surface area contributed by atoms with E-state index in [0.29, 0.717) is 0 Å². The second-order valence-electron chi connectivity index (χ2n) is 2.57. The quantitative estimate of drug-likeness (QED) is 0.685. The highest BCUT2D eigenvalue weighted by Crippen LogP contribution is 2.26. The van der Waals surface area contributed by atoms with E-state index < -0.39 is 0 Å². The summed E-state index contributed by atoms with van der Waals surface area (Å²) in [6.45, 7) is 0. The van der Waals surface area contributed by atoms with Gasteiger partial charge in [0, 0.05) is 5.56 Å².